The Morgan fingerprint density at radius 2 is 0.380 bits per heavy atom. The molecule has 30 aromatic rings. The molecular formula is C135H87N15. The SMILES string of the molecule is [2H]c1c([2H])c([2H])c(-c2nc(-c3c([2H])c([2H])c([2H])c([2H])c3[2H])nc(-n3c4ccccc4c4cc5c6ccccc6n(-c6ccc(-c7ccccc7)cc6)c5cc43)n2)c([2H])c1[2H].[2H]c1c([2H])c([2H])c(-c2nc(-c3c([2H])c([2H])c([2H])c([2H])c3[2H])nc(-n3c4ccccc4c4cc5c6ccccc6n(-c6cccc(-c7ccccc7)c6)c5cc43)n2)c([2H])c1[2H].[2H]c1c([2H])c([2H])c(-c2nc(-c3c([2H])c([2H])c([2H])c([2H])c3[2H])nc(-n3c4ccccc4c4cc5c6ccccc6n(-c6ccccc6-c6ccccc6)c5cc43)n2)c([2H])c1[2H]. The molecule has 0 aliphatic heterocycles. The van der Waals surface area contributed by atoms with Gasteiger partial charge in [0.2, 0.25) is 17.8 Å². The molecule has 0 atom stereocenters. The van der Waals surface area contributed by atoms with Crippen LogP contribution in [0.4, 0.5) is 0 Å². The average Bonchev–Trinajstić information content (AvgIpc) is 1.55. The van der Waals surface area contributed by atoms with Crippen molar-refractivity contribution < 1.29 is 41.1 Å². The number of rotatable bonds is 15. The molecule has 0 aliphatic rings. The first-order chi connectivity index (χ1) is 86.8. The van der Waals surface area contributed by atoms with E-state index in [2.05, 4.69) is 174 Å². The normalized spacial score (nSPS) is 14.4. The summed E-state index contributed by atoms with van der Waals surface area (Å²) in [6.45, 7) is 0. The van der Waals surface area contributed by atoms with Gasteiger partial charge in [-0.25, -0.2) is 15.0 Å². The van der Waals surface area contributed by atoms with Crippen molar-refractivity contribution in [2.45, 2.75) is 0 Å². The van der Waals surface area contributed by atoms with Gasteiger partial charge >= 0.3 is 0 Å². The minimum Gasteiger partial charge on any atom is -0.309 e. The molecule has 0 spiro atoms. The highest BCUT2D eigenvalue weighted by Gasteiger charge is 2.28. The minimum absolute atomic E-state index is 0.0611. The van der Waals surface area contributed by atoms with Crippen LogP contribution in [0.25, 0.3) is 267 Å². The van der Waals surface area contributed by atoms with Gasteiger partial charge in [0.05, 0.1) is 113 Å². The van der Waals surface area contributed by atoms with Crippen molar-refractivity contribution in [1.29, 1.82) is 0 Å². The van der Waals surface area contributed by atoms with E-state index in [1.54, 1.807) is 13.7 Å². The second-order valence-corrected chi connectivity index (χ2v) is 35.3. The molecule has 150 heavy (non-hydrogen) atoms. The molecule has 702 valence electrons. The molecule has 15 heteroatoms. The zero-order valence-electron chi connectivity index (χ0n) is 109. The zero-order chi connectivity index (χ0) is 125. The standard InChI is InChI=1S/3C45H29N5/c1-4-16-30(17-5-1)33-22-10-13-25-38(33)49-39-26-14-11-23-34(39)36-28-37-35-24-12-15-27-40(35)50(42(37)29-41(36)49)45-47-43(31-18-6-2-7-19-31)46-44(48-45)32-20-8-3-9-21-32;1-4-15-30(16-5-1)33-21-14-22-34(27-33)49-39-25-12-10-23-35(39)37-28-38-36-24-11-13-26-40(36)50(42(38)29-41(37)49)45-47-43(31-17-6-2-7-18-31)46-44(48-45)32-19-8-3-9-20-32;1-4-14-30(15-5-1)31-24-26-34(27-25-31)49-39-22-12-10-20-35(39)37-28-38-36-21-11-13-23-40(36)50(42(38)29-41(37)49)45-47-43(32-16-6-2-7-17-32)46-44(48-45)33-18-8-3-9-19-33/h3*1-29H/i2D,3D,6D,7D,8D,9D,18D,19D,20D,21D;2D,3D,6D,7D,8D,9D,17D,18D,19D,20D;2D,3D,6D,7D,8D,9D,16D,17D,18D,19D. The molecule has 0 radical (unpaired) electrons. The Kier molecular flexibility index (Phi) is 15.2. The number of hydrogen-bond donors (Lipinski definition) is 0. The Morgan fingerprint density at radius 3 is 0.707 bits per heavy atom. The van der Waals surface area contributed by atoms with Gasteiger partial charge in [0.15, 0.2) is 34.9 Å². The van der Waals surface area contributed by atoms with Crippen molar-refractivity contribution in [3.05, 3.63) is 527 Å². The molecule has 21 aromatic carbocycles. The third-order valence-electron chi connectivity index (χ3n) is 26.9. The molecule has 0 fully saturated rings. The van der Waals surface area contributed by atoms with Crippen LogP contribution in [0.1, 0.15) is 41.1 Å². The van der Waals surface area contributed by atoms with E-state index >= 15 is 0 Å². The maximum absolute atomic E-state index is 8.82. The number of fused-ring (bicyclic) bond motifs is 18. The van der Waals surface area contributed by atoms with Crippen molar-refractivity contribution in [3.8, 4) is 137 Å². The van der Waals surface area contributed by atoms with Gasteiger partial charge in [-0.3, -0.25) is 13.7 Å². The van der Waals surface area contributed by atoms with E-state index in [1.807, 2.05) is 200 Å². The highest BCUT2D eigenvalue weighted by Crippen LogP contribution is 2.47. The van der Waals surface area contributed by atoms with Crippen molar-refractivity contribution in [2.75, 3.05) is 0 Å². The lowest BCUT2D eigenvalue weighted by molar-refractivity contribution is 0.953. The average molecular weight is 1950 g/mol. The highest BCUT2D eigenvalue weighted by molar-refractivity contribution is 6.23. The first-order valence-corrected chi connectivity index (χ1v) is 47.9. The van der Waals surface area contributed by atoms with Gasteiger partial charge in [-0.2, -0.15) is 29.9 Å². The summed E-state index contributed by atoms with van der Waals surface area (Å²) in [4.78, 5) is 42.2. The maximum Gasteiger partial charge on any atom is 0.238 e. The highest BCUT2D eigenvalue weighted by atomic mass is 15.2. The molecule has 30 rings (SSSR count). The molecule has 0 amide bonds. The Bertz CT molecular complexity index is 12100. The summed E-state index contributed by atoms with van der Waals surface area (Å²) in [5.41, 5.74) is 16.6. The second-order valence-electron chi connectivity index (χ2n) is 35.3. The number of nitrogens with zero attached hydrogens (tertiary/aromatic N) is 15. The zero-order valence-corrected chi connectivity index (χ0v) is 78.6. The maximum atomic E-state index is 8.82. The molecule has 0 saturated heterocycles. The van der Waals surface area contributed by atoms with Crippen LogP contribution in [0.3, 0.4) is 0 Å². The van der Waals surface area contributed by atoms with E-state index in [9.17, 15) is 0 Å². The summed E-state index contributed by atoms with van der Waals surface area (Å²) in [5, 5.41) is 11.1. The Morgan fingerprint density at radius 1 is 0.140 bits per heavy atom. The third-order valence-corrected chi connectivity index (χ3v) is 26.9. The van der Waals surface area contributed by atoms with E-state index < -0.39 is 181 Å². The summed E-state index contributed by atoms with van der Waals surface area (Å²) in [7, 11) is 0. The number of hydrogen-bond acceptors (Lipinski definition) is 9. The first kappa shape index (κ1) is 61.4. The van der Waals surface area contributed by atoms with Crippen LogP contribution in [0.15, 0.2) is 527 Å². The predicted molar refractivity (Wildman–Crippen MR) is 614 cm³/mol. The molecule has 9 heterocycles. The fraction of sp³-hybridized carbons (Fsp3) is 0. The van der Waals surface area contributed by atoms with Crippen LogP contribution in [0.2, 0.25) is 0 Å². The monoisotopic (exact) mass is 1950 g/mol. The van der Waals surface area contributed by atoms with Crippen LogP contribution >= 0.6 is 0 Å². The van der Waals surface area contributed by atoms with Crippen LogP contribution in [0.5, 0.6) is 0 Å². The lowest BCUT2D eigenvalue weighted by atomic mass is 10.0. The number of benzene rings is 21. The van der Waals surface area contributed by atoms with Gasteiger partial charge < -0.3 is 13.7 Å². The summed E-state index contributed by atoms with van der Waals surface area (Å²) >= 11 is 0. The molecule has 0 N–H and O–H groups in total. The fourth-order valence-electron chi connectivity index (χ4n) is 20.4. The molecule has 0 saturated carbocycles. The topological polar surface area (TPSA) is 146 Å². The molecular weight excluding hydrogens is 1830 g/mol. The van der Waals surface area contributed by atoms with Crippen molar-refractivity contribution in [2.24, 2.45) is 0 Å². The van der Waals surface area contributed by atoms with Crippen molar-refractivity contribution in [3.63, 3.8) is 0 Å². The quantitative estimate of drug-likeness (QED) is 0.0979. The lowest BCUT2D eigenvalue weighted by Gasteiger charge is -2.14. The number of para-hydroxylation sites is 7. The summed E-state index contributed by atoms with van der Waals surface area (Å²) in [5.74, 6) is -2.20. The van der Waals surface area contributed by atoms with Gasteiger partial charge in [0, 0.05) is 115 Å². The molecule has 9 aromatic heterocycles. The molecule has 15 nitrogen and oxygen atoms in total. The van der Waals surface area contributed by atoms with Gasteiger partial charge in [0.25, 0.3) is 0 Å². The fourth-order valence-corrected chi connectivity index (χ4v) is 20.4. The predicted octanol–water partition coefficient (Wildman–Crippen LogP) is 33.2. The van der Waals surface area contributed by atoms with Gasteiger partial charge in [-0.05, 0) is 131 Å². The van der Waals surface area contributed by atoms with Gasteiger partial charge in [-0.1, -0.05) is 424 Å². The third kappa shape index (κ3) is 15.3. The van der Waals surface area contributed by atoms with E-state index in [-0.39, 0.29) is 86.2 Å². The van der Waals surface area contributed by atoms with Crippen molar-refractivity contribution >= 4 is 131 Å². The van der Waals surface area contributed by atoms with Crippen LogP contribution in [-0.4, -0.2) is 72.3 Å². The first-order valence-electron chi connectivity index (χ1n) is 62.9. The van der Waals surface area contributed by atoms with Crippen molar-refractivity contribution in [1.82, 2.24) is 72.3 Å². The Labute approximate surface area is 903 Å². The summed E-state index contributed by atoms with van der Waals surface area (Å²) in [6, 6.07) is 97.3. The number of aromatic nitrogens is 15. The van der Waals surface area contributed by atoms with E-state index in [1.165, 1.54) is 0 Å². The second kappa shape index (κ2) is 37.0. The van der Waals surface area contributed by atoms with Gasteiger partial charge in [-0.15, -0.1) is 0 Å². The molecule has 0 aliphatic carbocycles. The van der Waals surface area contributed by atoms with Gasteiger partial charge in [0.1, 0.15) is 0 Å². The largest absolute Gasteiger partial charge is 0.309 e. The summed E-state index contributed by atoms with van der Waals surface area (Å²) < 4.78 is 268. The minimum atomic E-state index is -0.611. The van der Waals surface area contributed by atoms with E-state index in [0.29, 0.717) is 33.1 Å². The van der Waals surface area contributed by atoms with Crippen LogP contribution in [-0.2, 0) is 0 Å². The van der Waals surface area contributed by atoms with Crippen LogP contribution in [0, 0.1) is 0 Å². The smallest absolute Gasteiger partial charge is 0.238 e. The molecule has 0 unspecified atom stereocenters. The van der Waals surface area contributed by atoms with E-state index in [4.69, 9.17) is 71.0 Å². The Hall–Kier alpha value is -20.5. The Balaban J connectivity index is 0.000000123. The summed E-state index contributed by atoms with van der Waals surface area (Å²) in [6.07, 6.45) is 0. The van der Waals surface area contributed by atoms with Crippen LogP contribution < -0.4 is 0 Å². The lowest BCUT2D eigenvalue weighted by Crippen LogP contribution is -2.06. The van der Waals surface area contributed by atoms with E-state index in [0.717, 1.165) is 148 Å². The molecule has 0 bridgehead atoms.